The fourth-order valence-electron chi connectivity index (χ4n) is 1.78. The van der Waals surface area contributed by atoms with Crippen LogP contribution in [0.5, 0.6) is 0 Å². The van der Waals surface area contributed by atoms with E-state index in [0.29, 0.717) is 0 Å². The molecule has 0 amide bonds. The summed E-state index contributed by atoms with van der Waals surface area (Å²) in [6, 6.07) is 2.13. The Balaban J connectivity index is 2.36. The molecule has 1 N–H and O–H groups in total. The SMILES string of the molecule is CCNCc1coc(CN(CC)CCOCC)c1. The second-order valence-corrected chi connectivity index (χ2v) is 4.27. The van der Waals surface area contributed by atoms with E-state index in [2.05, 4.69) is 30.1 Å². The van der Waals surface area contributed by atoms with Gasteiger partial charge in [0.2, 0.25) is 0 Å². The quantitative estimate of drug-likeness (QED) is 0.650. The van der Waals surface area contributed by atoms with Crippen molar-refractivity contribution in [2.75, 3.05) is 32.8 Å². The molecular formula is C14H26N2O2. The fourth-order valence-corrected chi connectivity index (χ4v) is 1.78. The van der Waals surface area contributed by atoms with Gasteiger partial charge in [0.1, 0.15) is 5.76 Å². The van der Waals surface area contributed by atoms with E-state index in [1.54, 1.807) is 0 Å². The number of ether oxygens (including phenoxy) is 1. The van der Waals surface area contributed by atoms with E-state index in [-0.39, 0.29) is 0 Å². The minimum absolute atomic E-state index is 0.783. The highest BCUT2D eigenvalue weighted by Crippen LogP contribution is 2.10. The summed E-state index contributed by atoms with van der Waals surface area (Å²) in [6.45, 7) is 12.5. The van der Waals surface area contributed by atoms with Crippen LogP contribution in [0.15, 0.2) is 16.7 Å². The maximum absolute atomic E-state index is 5.58. The van der Waals surface area contributed by atoms with Gasteiger partial charge in [-0.25, -0.2) is 0 Å². The molecular weight excluding hydrogens is 228 g/mol. The third-order valence-electron chi connectivity index (χ3n) is 2.87. The summed E-state index contributed by atoms with van der Waals surface area (Å²) in [4.78, 5) is 2.32. The molecule has 0 bridgehead atoms. The highest BCUT2D eigenvalue weighted by molar-refractivity contribution is 5.12. The van der Waals surface area contributed by atoms with E-state index in [0.717, 1.165) is 51.7 Å². The van der Waals surface area contributed by atoms with Gasteiger partial charge in [-0.1, -0.05) is 13.8 Å². The molecule has 0 aliphatic carbocycles. The molecule has 0 aromatic carbocycles. The van der Waals surface area contributed by atoms with E-state index in [4.69, 9.17) is 9.15 Å². The zero-order valence-corrected chi connectivity index (χ0v) is 11.9. The molecule has 0 radical (unpaired) electrons. The predicted molar refractivity (Wildman–Crippen MR) is 73.5 cm³/mol. The number of hydrogen-bond acceptors (Lipinski definition) is 4. The Kier molecular flexibility index (Phi) is 7.73. The lowest BCUT2D eigenvalue weighted by Crippen LogP contribution is -2.26. The summed E-state index contributed by atoms with van der Waals surface area (Å²) in [7, 11) is 0. The Morgan fingerprint density at radius 1 is 1.33 bits per heavy atom. The smallest absolute Gasteiger partial charge is 0.118 e. The van der Waals surface area contributed by atoms with Crippen molar-refractivity contribution in [1.29, 1.82) is 0 Å². The summed E-state index contributed by atoms with van der Waals surface area (Å²) >= 11 is 0. The average molecular weight is 254 g/mol. The van der Waals surface area contributed by atoms with Gasteiger partial charge in [0.05, 0.1) is 19.4 Å². The van der Waals surface area contributed by atoms with Gasteiger partial charge in [0.25, 0.3) is 0 Å². The molecule has 0 unspecified atom stereocenters. The van der Waals surface area contributed by atoms with Crippen LogP contribution in [0.3, 0.4) is 0 Å². The Hall–Kier alpha value is -0.840. The van der Waals surface area contributed by atoms with Gasteiger partial charge in [0, 0.05) is 25.3 Å². The Bertz CT molecular complexity index is 312. The second-order valence-electron chi connectivity index (χ2n) is 4.27. The van der Waals surface area contributed by atoms with Gasteiger partial charge < -0.3 is 14.5 Å². The van der Waals surface area contributed by atoms with Crippen LogP contribution in [0, 0.1) is 0 Å². The van der Waals surface area contributed by atoms with E-state index in [9.17, 15) is 0 Å². The van der Waals surface area contributed by atoms with E-state index < -0.39 is 0 Å². The normalized spacial score (nSPS) is 11.3. The van der Waals surface area contributed by atoms with Gasteiger partial charge >= 0.3 is 0 Å². The number of furan rings is 1. The van der Waals surface area contributed by atoms with Crippen molar-refractivity contribution < 1.29 is 9.15 Å². The van der Waals surface area contributed by atoms with Crippen LogP contribution in [0.25, 0.3) is 0 Å². The van der Waals surface area contributed by atoms with E-state index in [1.807, 2.05) is 13.2 Å². The van der Waals surface area contributed by atoms with Gasteiger partial charge in [-0.05, 0) is 26.1 Å². The molecule has 0 saturated carbocycles. The van der Waals surface area contributed by atoms with Crippen LogP contribution in [0.2, 0.25) is 0 Å². The highest BCUT2D eigenvalue weighted by atomic mass is 16.5. The number of likely N-dealkylation sites (N-methyl/N-ethyl adjacent to an activating group) is 1. The van der Waals surface area contributed by atoms with Crippen molar-refractivity contribution in [3.8, 4) is 0 Å². The van der Waals surface area contributed by atoms with Crippen LogP contribution in [0.1, 0.15) is 32.1 Å². The number of nitrogens with zero attached hydrogens (tertiary/aromatic N) is 1. The molecule has 0 fully saturated rings. The molecule has 0 aliphatic heterocycles. The lowest BCUT2D eigenvalue weighted by Gasteiger charge is -2.18. The lowest BCUT2D eigenvalue weighted by molar-refractivity contribution is 0.110. The molecule has 104 valence electrons. The Morgan fingerprint density at radius 3 is 2.83 bits per heavy atom. The van der Waals surface area contributed by atoms with Crippen molar-refractivity contribution in [2.45, 2.75) is 33.9 Å². The Labute approximate surface area is 110 Å². The standard InChI is InChI=1S/C14H26N2O2/c1-4-15-10-13-9-14(18-12-13)11-16(5-2)7-8-17-6-3/h9,12,15H,4-8,10-11H2,1-3H3. The van der Waals surface area contributed by atoms with Gasteiger partial charge in [-0.3, -0.25) is 4.90 Å². The Morgan fingerprint density at radius 2 is 2.17 bits per heavy atom. The van der Waals surface area contributed by atoms with Crippen LogP contribution in [-0.2, 0) is 17.8 Å². The summed E-state index contributed by atoms with van der Waals surface area (Å²) < 4.78 is 11.0. The maximum atomic E-state index is 5.58. The first-order valence-corrected chi connectivity index (χ1v) is 6.87. The van der Waals surface area contributed by atoms with Crippen molar-refractivity contribution >= 4 is 0 Å². The molecule has 1 aromatic heterocycles. The second kappa shape index (κ2) is 9.14. The molecule has 4 heteroatoms. The van der Waals surface area contributed by atoms with Crippen molar-refractivity contribution in [3.63, 3.8) is 0 Å². The third kappa shape index (κ3) is 5.67. The van der Waals surface area contributed by atoms with Crippen molar-refractivity contribution in [1.82, 2.24) is 10.2 Å². The van der Waals surface area contributed by atoms with Crippen LogP contribution < -0.4 is 5.32 Å². The third-order valence-corrected chi connectivity index (χ3v) is 2.87. The predicted octanol–water partition coefficient (Wildman–Crippen LogP) is 2.25. The first kappa shape index (κ1) is 15.2. The molecule has 0 spiro atoms. The van der Waals surface area contributed by atoms with Crippen LogP contribution >= 0.6 is 0 Å². The zero-order valence-electron chi connectivity index (χ0n) is 11.9. The molecule has 0 saturated heterocycles. The van der Waals surface area contributed by atoms with E-state index in [1.165, 1.54) is 5.56 Å². The molecule has 1 rings (SSSR count). The summed E-state index contributed by atoms with van der Waals surface area (Å²) in [5.41, 5.74) is 1.22. The molecule has 1 heterocycles. The van der Waals surface area contributed by atoms with Crippen LogP contribution in [-0.4, -0.2) is 37.7 Å². The van der Waals surface area contributed by atoms with Gasteiger partial charge in [-0.15, -0.1) is 0 Å². The number of nitrogens with one attached hydrogen (secondary N) is 1. The van der Waals surface area contributed by atoms with Crippen molar-refractivity contribution in [3.05, 3.63) is 23.7 Å². The minimum Gasteiger partial charge on any atom is -0.468 e. The fraction of sp³-hybridized carbons (Fsp3) is 0.714. The largest absolute Gasteiger partial charge is 0.468 e. The van der Waals surface area contributed by atoms with Gasteiger partial charge in [0.15, 0.2) is 0 Å². The number of rotatable bonds is 10. The summed E-state index contributed by atoms with van der Waals surface area (Å²) in [5, 5.41) is 3.29. The topological polar surface area (TPSA) is 37.6 Å². The minimum atomic E-state index is 0.783. The average Bonchev–Trinajstić information content (AvgIpc) is 2.83. The van der Waals surface area contributed by atoms with Crippen molar-refractivity contribution in [2.24, 2.45) is 0 Å². The zero-order chi connectivity index (χ0) is 13.2. The molecule has 0 atom stereocenters. The van der Waals surface area contributed by atoms with Gasteiger partial charge in [-0.2, -0.15) is 0 Å². The van der Waals surface area contributed by atoms with E-state index >= 15 is 0 Å². The van der Waals surface area contributed by atoms with Crippen LogP contribution in [0.4, 0.5) is 0 Å². The molecule has 18 heavy (non-hydrogen) atoms. The number of hydrogen-bond donors (Lipinski definition) is 1. The lowest BCUT2D eigenvalue weighted by atomic mass is 10.3. The summed E-state index contributed by atoms with van der Waals surface area (Å²) in [6.07, 6.45) is 1.84. The summed E-state index contributed by atoms with van der Waals surface area (Å²) in [5.74, 6) is 1.03. The maximum Gasteiger partial charge on any atom is 0.118 e. The molecule has 4 nitrogen and oxygen atoms in total. The first-order chi connectivity index (χ1) is 8.80. The highest BCUT2D eigenvalue weighted by Gasteiger charge is 2.07. The first-order valence-electron chi connectivity index (χ1n) is 6.87. The monoisotopic (exact) mass is 254 g/mol. The molecule has 1 aromatic rings. The molecule has 0 aliphatic rings.